The Kier molecular flexibility index (Phi) is 24.5. The molecular formula is C58H76N14O17S2. The summed E-state index contributed by atoms with van der Waals surface area (Å²) < 4.78 is 15.0. The first-order valence-electron chi connectivity index (χ1n) is 29.6. The van der Waals surface area contributed by atoms with Crippen molar-refractivity contribution in [3.8, 4) is 0 Å². The normalized spacial score (nSPS) is 24.6. The van der Waals surface area contributed by atoms with E-state index in [1.165, 1.54) is 38.1 Å². The first kappa shape index (κ1) is 69.8. The van der Waals surface area contributed by atoms with Gasteiger partial charge in [-0.15, -0.1) is 0 Å². The number of hydrogen-bond donors (Lipinski definition) is 15. The molecule has 31 nitrogen and oxygen atoms in total. The van der Waals surface area contributed by atoms with Gasteiger partial charge in [0.15, 0.2) is 6.04 Å². The number of carbonyl (C=O) groups excluding carboxylic acids is 14. The number of aliphatic hydroxyl groups is 2. The summed E-state index contributed by atoms with van der Waals surface area (Å²) in [6.07, 6.45) is -2.69. The standard InChI is InChI=1S/C58H76N14O17S2/c1-5-28(2)48-54(85)62-24-45(78)65-38-27-91(89)56-34(33-9-6-7-10-35(33)68-56)19-36(51(82)61-25-46(79)69-48)66-55(86)49(29(3)40(74)26-73)70-53(84)39-11-8-17-71(39)57(87)37(67-52(38)83)20-43(76)59-22-31-12-14-32(15-13-31)64-50(81)30(4)63-44(77)23-60-42(75)16-18-72-47(80)21-41(90)58(72)88/h6-7,9-10,12-15,28-30,36-41,48-49,68,73-74,90H,5,8,11,16-27H2,1-4H3,(H,59,76)(H,60,75)(H,61,82)(H,62,85)(H,63,77)(H,64,81)(H,65,78)(H,66,86)(H,67,83)(H,69,79)(H,70,84)/t28-,29-,30-,36-,37-,38-,39-,40-,41?,48?,49?,91?/m0/s1. The molecule has 2 aromatic carbocycles. The monoisotopic (exact) mass is 1300 g/mol. The Bertz CT molecular complexity index is 3300. The second-order valence-electron chi connectivity index (χ2n) is 22.7. The first-order valence-corrected chi connectivity index (χ1v) is 31.5. The minimum absolute atomic E-state index is 0.00881. The molecule has 0 aliphatic carbocycles. The van der Waals surface area contributed by atoms with Crippen molar-refractivity contribution in [2.24, 2.45) is 11.8 Å². The molecule has 0 saturated carbocycles. The van der Waals surface area contributed by atoms with Gasteiger partial charge in [0.25, 0.3) is 0 Å². The second-order valence-corrected chi connectivity index (χ2v) is 24.7. The summed E-state index contributed by atoms with van der Waals surface area (Å²) in [5.74, 6) is -14.0. The lowest BCUT2D eigenvalue weighted by Crippen LogP contribution is -2.62. The third-order valence-corrected chi connectivity index (χ3v) is 18.0. The average Bonchev–Trinajstić information content (AvgIpc) is 1.81. The number of fused-ring (bicyclic) bond motifs is 5. The predicted octanol–water partition coefficient (Wildman–Crippen LogP) is -4.76. The van der Waals surface area contributed by atoms with Crippen molar-refractivity contribution in [2.75, 3.05) is 50.4 Å². The maximum absolute atomic E-state index is 15.0. The van der Waals surface area contributed by atoms with Gasteiger partial charge in [-0.3, -0.25) is 72.0 Å². The SMILES string of the molecule is CC[C@H](C)C1NC(=O)CNC(=O)[C@@H]2Cc3c([nH]c4ccccc34)[S+]([O-])C[C@H](NC(=O)CNC1=O)C(=O)N[C@@H](CC(=O)NCc1ccc(NC(=O)[C@H](C)NC(=O)CNC(=O)CCN3C(=O)CC(S)C3=O)cc1)C(=O)N1CCC[C@H]1C(=O)NC([C@@H](C)[C@@H](O)CO)C(=O)N2. The average molecular weight is 1310 g/mol. The third kappa shape index (κ3) is 18.3. The van der Waals surface area contributed by atoms with E-state index in [9.17, 15) is 81.9 Å². The van der Waals surface area contributed by atoms with E-state index in [1.54, 1.807) is 38.1 Å². The summed E-state index contributed by atoms with van der Waals surface area (Å²) in [4.78, 5) is 196. The Morgan fingerprint density at radius 3 is 2.13 bits per heavy atom. The highest BCUT2D eigenvalue weighted by atomic mass is 32.2. The Balaban J connectivity index is 1.13. The fourth-order valence-corrected chi connectivity index (χ4v) is 12.3. The second kappa shape index (κ2) is 31.9. The number of anilines is 1. The molecule has 2 fully saturated rings. The van der Waals surface area contributed by atoms with Crippen molar-refractivity contribution in [3.05, 3.63) is 59.7 Å². The number of nitrogens with zero attached hydrogens (tertiary/aromatic N) is 2. The molecule has 4 aliphatic rings. The zero-order valence-electron chi connectivity index (χ0n) is 50.3. The number of benzene rings is 2. The smallest absolute Gasteiger partial charge is 0.248 e. The maximum atomic E-state index is 15.0. The van der Waals surface area contributed by atoms with Crippen molar-refractivity contribution in [1.29, 1.82) is 0 Å². The number of carbonyl (C=O) groups is 14. The fraction of sp³-hybridized carbons (Fsp3) is 0.517. The van der Waals surface area contributed by atoms with Crippen LogP contribution in [-0.4, -0.2) is 211 Å². The van der Waals surface area contributed by atoms with Gasteiger partial charge in [0.05, 0.1) is 44.0 Å². The van der Waals surface area contributed by atoms with Crippen LogP contribution >= 0.6 is 12.6 Å². The summed E-state index contributed by atoms with van der Waals surface area (Å²) in [7, 11) is 0. The third-order valence-electron chi connectivity index (χ3n) is 16.1. The highest BCUT2D eigenvalue weighted by Crippen LogP contribution is 2.30. The molecule has 14 amide bonds. The summed E-state index contributed by atoms with van der Waals surface area (Å²) in [5.41, 5.74) is 1.29. The molecule has 0 spiro atoms. The molecule has 2 saturated heterocycles. The van der Waals surface area contributed by atoms with Gasteiger partial charge in [-0.2, -0.15) is 12.6 Å². The summed E-state index contributed by atoms with van der Waals surface area (Å²) >= 11 is 1.69. The van der Waals surface area contributed by atoms with Gasteiger partial charge in [0, 0.05) is 78.1 Å². The number of rotatable bonds is 17. The Morgan fingerprint density at radius 1 is 0.758 bits per heavy atom. The van der Waals surface area contributed by atoms with Gasteiger partial charge in [-0.05, 0) is 49.4 Å². The van der Waals surface area contributed by atoms with E-state index in [-0.39, 0.29) is 61.6 Å². The Labute approximate surface area is 530 Å². The van der Waals surface area contributed by atoms with E-state index in [1.807, 2.05) is 0 Å². The number of aliphatic hydroxyl groups excluding tert-OH is 2. The number of thiol groups is 1. The number of para-hydroxylation sites is 1. The molecule has 492 valence electrons. The van der Waals surface area contributed by atoms with Crippen LogP contribution in [0.1, 0.15) is 77.3 Å². The van der Waals surface area contributed by atoms with Crippen LogP contribution in [0.4, 0.5) is 5.69 Å². The number of likely N-dealkylation sites (tertiary alicyclic amines) is 1. The molecule has 1 aromatic heterocycles. The molecule has 4 aliphatic heterocycles. The van der Waals surface area contributed by atoms with E-state index in [2.05, 4.69) is 76.1 Å². The van der Waals surface area contributed by atoms with Gasteiger partial charge >= 0.3 is 0 Å². The lowest BCUT2D eigenvalue weighted by molar-refractivity contribution is -0.144. The van der Waals surface area contributed by atoms with Crippen molar-refractivity contribution in [2.45, 2.75) is 138 Å². The van der Waals surface area contributed by atoms with Crippen LogP contribution in [0.3, 0.4) is 0 Å². The van der Waals surface area contributed by atoms with Crippen LogP contribution in [0.15, 0.2) is 53.6 Å². The molecule has 5 heterocycles. The Morgan fingerprint density at radius 2 is 1.45 bits per heavy atom. The number of nitrogens with one attached hydrogen (secondary N) is 12. The predicted molar refractivity (Wildman–Crippen MR) is 326 cm³/mol. The minimum atomic E-state index is -2.35. The number of H-pyrrole nitrogens is 1. The summed E-state index contributed by atoms with van der Waals surface area (Å²) in [5, 5.41) is 48.4. The van der Waals surface area contributed by atoms with Crippen LogP contribution in [0.2, 0.25) is 0 Å². The Hall–Kier alpha value is -8.66. The first-order chi connectivity index (χ1) is 43.3. The van der Waals surface area contributed by atoms with Crippen LogP contribution in [-0.2, 0) is 91.3 Å². The van der Waals surface area contributed by atoms with Gasteiger partial charge in [-0.1, -0.05) is 57.5 Å². The zero-order chi connectivity index (χ0) is 66.4. The van der Waals surface area contributed by atoms with Gasteiger partial charge in [0.1, 0.15) is 42.0 Å². The lowest BCUT2D eigenvalue weighted by atomic mass is 9.94. The van der Waals surface area contributed by atoms with Crippen molar-refractivity contribution >= 4 is 123 Å². The van der Waals surface area contributed by atoms with E-state index in [0.717, 1.165) is 9.80 Å². The quantitative estimate of drug-likeness (QED) is 0.0343. The van der Waals surface area contributed by atoms with Gasteiger partial charge < -0.3 is 83.1 Å². The molecule has 7 rings (SSSR count). The molecule has 0 radical (unpaired) electrons. The number of amides is 14. The molecular weight excluding hydrogens is 1230 g/mol. The zero-order valence-corrected chi connectivity index (χ0v) is 52.1. The minimum Gasteiger partial charge on any atom is -0.610 e. The van der Waals surface area contributed by atoms with E-state index in [4.69, 9.17) is 0 Å². The van der Waals surface area contributed by atoms with Crippen molar-refractivity contribution in [1.82, 2.24) is 68.0 Å². The molecule has 12 atom stereocenters. The number of aromatic amines is 1. The molecule has 2 bridgehead atoms. The van der Waals surface area contributed by atoms with Gasteiger partial charge in [-0.25, -0.2) is 0 Å². The largest absolute Gasteiger partial charge is 0.610 e. The van der Waals surface area contributed by atoms with E-state index in [0.29, 0.717) is 22.9 Å². The summed E-state index contributed by atoms with van der Waals surface area (Å²) in [6, 6.07) is 1.86. The molecule has 3 aromatic rings. The number of imide groups is 1. The topological polar surface area (TPSA) is 457 Å². The number of hydrogen-bond acceptors (Lipinski definition) is 18. The van der Waals surface area contributed by atoms with Crippen LogP contribution < -0.4 is 58.5 Å². The summed E-state index contributed by atoms with van der Waals surface area (Å²) in [6.45, 7) is 2.76. The van der Waals surface area contributed by atoms with Crippen LogP contribution in [0.5, 0.6) is 0 Å². The highest BCUT2D eigenvalue weighted by Gasteiger charge is 2.44. The number of aromatic nitrogens is 1. The maximum Gasteiger partial charge on any atom is 0.248 e. The van der Waals surface area contributed by atoms with Crippen molar-refractivity contribution < 1.29 is 81.9 Å². The highest BCUT2D eigenvalue weighted by molar-refractivity contribution is 7.91. The van der Waals surface area contributed by atoms with Gasteiger partial charge in [0.2, 0.25) is 87.7 Å². The molecule has 33 heteroatoms. The molecule has 4 unspecified atom stereocenters. The fourth-order valence-electron chi connectivity index (χ4n) is 10.6. The van der Waals surface area contributed by atoms with E-state index < -0.39 is 204 Å². The molecule has 14 N–H and O–H groups in total. The van der Waals surface area contributed by atoms with Crippen LogP contribution in [0, 0.1) is 11.8 Å². The lowest BCUT2D eigenvalue weighted by Gasteiger charge is -2.33. The molecule has 91 heavy (non-hydrogen) atoms. The van der Waals surface area contributed by atoms with Crippen LogP contribution in [0.25, 0.3) is 10.9 Å². The van der Waals surface area contributed by atoms with E-state index >= 15 is 0 Å². The van der Waals surface area contributed by atoms with Crippen molar-refractivity contribution in [3.63, 3.8) is 0 Å².